The number of nitrogens with one attached hydrogen (secondary N) is 2. The van der Waals surface area contributed by atoms with Crippen LogP contribution in [0.4, 0.5) is 0 Å². The number of aryl methyl sites for hydroxylation is 1. The number of carbonyl (C=O) groups excluding carboxylic acids is 1. The first-order valence-electron chi connectivity index (χ1n) is 7.87. The molecule has 3 aromatic rings. The number of rotatable bonds is 2. The third-order valence-corrected chi connectivity index (χ3v) is 5.29. The minimum Gasteiger partial charge on any atom is -0.321 e. The molecule has 1 saturated heterocycles. The van der Waals surface area contributed by atoms with E-state index < -0.39 is 0 Å². The Balaban J connectivity index is 1.84. The number of pyridine rings is 2. The van der Waals surface area contributed by atoms with Crippen LogP contribution in [0, 0.1) is 6.92 Å². The van der Waals surface area contributed by atoms with E-state index in [-0.39, 0.29) is 11.5 Å². The molecule has 7 heteroatoms. The fourth-order valence-electron chi connectivity index (χ4n) is 2.94. The molecular formula is C19H13N3O2S2. The van der Waals surface area contributed by atoms with Gasteiger partial charge in [-0.25, -0.2) is 4.98 Å². The van der Waals surface area contributed by atoms with Crippen LogP contribution in [0.25, 0.3) is 28.2 Å². The number of aromatic nitrogens is 2. The number of carbonyl (C=O) groups is 1. The third kappa shape index (κ3) is 2.95. The van der Waals surface area contributed by atoms with Crippen LogP contribution in [-0.4, -0.2) is 20.2 Å². The Kier molecular flexibility index (Phi) is 4.18. The molecule has 2 aromatic heterocycles. The topological polar surface area (TPSA) is 74.8 Å². The van der Waals surface area contributed by atoms with Gasteiger partial charge in [0.25, 0.3) is 11.5 Å². The monoisotopic (exact) mass is 379 g/mol. The van der Waals surface area contributed by atoms with Gasteiger partial charge < -0.3 is 10.3 Å². The Hall–Kier alpha value is -2.77. The second-order valence-corrected chi connectivity index (χ2v) is 7.52. The predicted molar refractivity (Wildman–Crippen MR) is 109 cm³/mol. The van der Waals surface area contributed by atoms with E-state index >= 15 is 0 Å². The summed E-state index contributed by atoms with van der Waals surface area (Å²) < 4.78 is 0.430. The van der Waals surface area contributed by atoms with E-state index in [1.54, 1.807) is 18.2 Å². The van der Waals surface area contributed by atoms with Crippen molar-refractivity contribution >= 4 is 51.2 Å². The quantitative estimate of drug-likeness (QED) is 0.527. The number of fused-ring (bicyclic) bond motifs is 1. The summed E-state index contributed by atoms with van der Waals surface area (Å²) in [6.45, 7) is 1.92. The summed E-state index contributed by atoms with van der Waals surface area (Å²) >= 11 is 6.20. The first-order valence-corrected chi connectivity index (χ1v) is 9.09. The molecule has 0 aliphatic carbocycles. The lowest BCUT2D eigenvalue weighted by atomic mass is 10.0. The minimum absolute atomic E-state index is 0.187. The fourth-order valence-corrected chi connectivity index (χ4v) is 3.97. The molecule has 4 rings (SSSR count). The minimum atomic E-state index is -0.230. The average molecular weight is 379 g/mol. The van der Waals surface area contributed by atoms with Crippen molar-refractivity contribution in [3.05, 3.63) is 69.0 Å². The first kappa shape index (κ1) is 16.7. The maximum atomic E-state index is 12.6. The van der Waals surface area contributed by atoms with Gasteiger partial charge in [-0.15, -0.1) is 0 Å². The van der Waals surface area contributed by atoms with Gasteiger partial charge >= 0.3 is 0 Å². The molecule has 2 N–H and O–H groups in total. The Morgan fingerprint density at radius 2 is 1.92 bits per heavy atom. The molecule has 1 aliphatic rings. The number of nitrogens with zero attached hydrogens (tertiary/aromatic N) is 1. The number of thiocarbonyl (C=S) groups is 1. The van der Waals surface area contributed by atoms with E-state index in [0.717, 1.165) is 16.5 Å². The highest BCUT2D eigenvalue weighted by Gasteiger charge is 2.22. The molecule has 3 heterocycles. The molecule has 128 valence electrons. The highest BCUT2D eigenvalue weighted by Crippen LogP contribution is 2.27. The van der Waals surface area contributed by atoms with Crippen molar-refractivity contribution in [1.82, 2.24) is 15.3 Å². The van der Waals surface area contributed by atoms with Crippen LogP contribution in [0.3, 0.4) is 0 Å². The molecule has 5 nitrogen and oxygen atoms in total. The van der Waals surface area contributed by atoms with Crippen LogP contribution in [0.2, 0.25) is 0 Å². The zero-order chi connectivity index (χ0) is 18.3. The van der Waals surface area contributed by atoms with Crippen LogP contribution in [0.15, 0.2) is 52.2 Å². The largest absolute Gasteiger partial charge is 0.321 e. The van der Waals surface area contributed by atoms with Gasteiger partial charge in [0.15, 0.2) is 0 Å². The van der Waals surface area contributed by atoms with Gasteiger partial charge in [-0.1, -0.05) is 48.2 Å². The summed E-state index contributed by atoms with van der Waals surface area (Å²) in [5, 5.41) is 3.55. The number of benzene rings is 1. The Bertz CT molecular complexity index is 1160. The van der Waals surface area contributed by atoms with Gasteiger partial charge in [0.1, 0.15) is 4.32 Å². The van der Waals surface area contributed by atoms with Gasteiger partial charge in [0, 0.05) is 10.9 Å². The highest BCUT2D eigenvalue weighted by molar-refractivity contribution is 8.26. The highest BCUT2D eigenvalue weighted by atomic mass is 32.2. The normalized spacial score (nSPS) is 15.7. The second kappa shape index (κ2) is 6.51. The maximum Gasteiger partial charge on any atom is 0.263 e. The van der Waals surface area contributed by atoms with Crippen molar-refractivity contribution in [2.75, 3.05) is 0 Å². The van der Waals surface area contributed by atoms with Gasteiger partial charge in [0.2, 0.25) is 0 Å². The number of hydrogen-bond acceptors (Lipinski definition) is 5. The summed E-state index contributed by atoms with van der Waals surface area (Å²) in [7, 11) is 0. The molecule has 0 atom stereocenters. The van der Waals surface area contributed by atoms with Crippen molar-refractivity contribution in [2.24, 2.45) is 0 Å². The van der Waals surface area contributed by atoms with Crippen molar-refractivity contribution < 1.29 is 4.79 Å². The molecule has 0 saturated carbocycles. The van der Waals surface area contributed by atoms with Gasteiger partial charge in [-0.2, -0.15) is 0 Å². The Morgan fingerprint density at radius 3 is 2.69 bits per heavy atom. The predicted octanol–water partition coefficient (Wildman–Crippen LogP) is 3.39. The van der Waals surface area contributed by atoms with Crippen LogP contribution in [0.1, 0.15) is 11.3 Å². The van der Waals surface area contributed by atoms with Gasteiger partial charge in [-0.3, -0.25) is 9.59 Å². The second-order valence-electron chi connectivity index (χ2n) is 5.80. The van der Waals surface area contributed by atoms with E-state index in [2.05, 4.69) is 15.3 Å². The lowest BCUT2D eigenvalue weighted by molar-refractivity contribution is -0.115. The van der Waals surface area contributed by atoms with Crippen molar-refractivity contribution in [3.8, 4) is 11.3 Å². The van der Waals surface area contributed by atoms with E-state index in [1.165, 1.54) is 11.8 Å². The summed E-state index contributed by atoms with van der Waals surface area (Å²) in [6.07, 6.45) is 1.67. The van der Waals surface area contributed by atoms with Crippen molar-refractivity contribution in [2.45, 2.75) is 6.92 Å². The van der Waals surface area contributed by atoms with Crippen molar-refractivity contribution in [1.29, 1.82) is 0 Å². The zero-order valence-corrected chi connectivity index (χ0v) is 15.3. The molecule has 0 unspecified atom stereocenters. The van der Waals surface area contributed by atoms with Crippen LogP contribution in [0.5, 0.6) is 0 Å². The lowest BCUT2D eigenvalue weighted by Crippen LogP contribution is -2.17. The van der Waals surface area contributed by atoms with E-state index in [9.17, 15) is 9.59 Å². The van der Waals surface area contributed by atoms with E-state index in [4.69, 9.17) is 12.2 Å². The van der Waals surface area contributed by atoms with Crippen LogP contribution in [-0.2, 0) is 4.79 Å². The lowest BCUT2D eigenvalue weighted by Gasteiger charge is -2.09. The molecule has 0 spiro atoms. The maximum absolute atomic E-state index is 12.6. The molecule has 1 fully saturated rings. The number of thioether (sulfide) groups is 1. The number of H-pyrrole nitrogens is 1. The van der Waals surface area contributed by atoms with Crippen LogP contribution < -0.4 is 10.9 Å². The number of aromatic amines is 1. The molecule has 1 aliphatic heterocycles. The molecule has 1 amide bonds. The number of para-hydroxylation sites is 1. The zero-order valence-electron chi connectivity index (χ0n) is 13.7. The molecule has 0 bridgehead atoms. The molecule has 1 aromatic carbocycles. The molecular weight excluding hydrogens is 366 g/mol. The summed E-state index contributed by atoms with van der Waals surface area (Å²) in [5.41, 5.74) is 3.17. The van der Waals surface area contributed by atoms with Gasteiger partial charge in [0.05, 0.1) is 21.9 Å². The summed E-state index contributed by atoms with van der Waals surface area (Å²) in [5.74, 6) is -0.230. The SMILES string of the molecule is Cc1c(-c2cccc(C=C3SC(=S)NC3=O)n2)c(=O)[nH]c2ccccc12. The Morgan fingerprint density at radius 1 is 1.12 bits per heavy atom. The smallest absolute Gasteiger partial charge is 0.263 e. The number of hydrogen-bond donors (Lipinski definition) is 2. The fraction of sp³-hybridized carbons (Fsp3) is 0.0526. The Labute approximate surface area is 158 Å². The average Bonchev–Trinajstić information content (AvgIpc) is 2.92. The van der Waals surface area contributed by atoms with E-state index in [1.807, 2.05) is 37.3 Å². The van der Waals surface area contributed by atoms with E-state index in [0.29, 0.717) is 26.2 Å². The molecule has 26 heavy (non-hydrogen) atoms. The van der Waals surface area contributed by atoms with Gasteiger partial charge in [-0.05, 0) is 36.8 Å². The summed E-state index contributed by atoms with van der Waals surface area (Å²) in [4.78, 5) is 32.4. The first-order chi connectivity index (χ1) is 12.5. The van der Waals surface area contributed by atoms with Crippen LogP contribution >= 0.6 is 24.0 Å². The standard InChI is InChI=1S/C19H13N3O2S2/c1-10-12-6-2-3-7-13(12)21-18(24)16(10)14-8-4-5-11(20-14)9-15-17(23)22-19(25)26-15/h2-9H,1H3,(H,21,24)(H,22,23,25). The number of amides is 1. The molecule has 0 radical (unpaired) electrons. The third-order valence-electron chi connectivity index (χ3n) is 4.13. The summed E-state index contributed by atoms with van der Waals surface area (Å²) in [6, 6.07) is 13.1. The van der Waals surface area contributed by atoms with Crippen molar-refractivity contribution in [3.63, 3.8) is 0 Å².